The highest BCUT2D eigenvalue weighted by molar-refractivity contribution is 5.80. The van der Waals surface area contributed by atoms with Crippen LogP contribution in [0.15, 0.2) is 53.5 Å². The zero-order chi connectivity index (χ0) is 19.8. The van der Waals surface area contributed by atoms with Crippen LogP contribution >= 0.6 is 0 Å². The van der Waals surface area contributed by atoms with E-state index < -0.39 is 0 Å². The smallest absolute Gasteiger partial charge is 0.191 e. The summed E-state index contributed by atoms with van der Waals surface area (Å²) in [6.45, 7) is 4.85. The van der Waals surface area contributed by atoms with Gasteiger partial charge < -0.3 is 15.5 Å². The standard InChI is InChI=1S/C22H26FN5/c1-2-25-22(26-15-18-13-17(14-24)10-11-21(18)23)27-19-7-6-12-28(16-19)20-8-4-3-5-9-20/h3-5,8-11,13,19H,2,6-7,12,15-16H2,1H3,(H2,25,26,27). The Morgan fingerprint density at radius 1 is 1.29 bits per heavy atom. The number of benzene rings is 2. The van der Waals surface area contributed by atoms with Crippen LogP contribution in [-0.4, -0.2) is 31.6 Å². The number of halogens is 1. The fourth-order valence-electron chi connectivity index (χ4n) is 3.41. The van der Waals surface area contributed by atoms with Crippen molar-refractivity contribution in [2.45, 2.75) is 32.4 Å². The second-order valence-corrected chi connectivity index (χ2v) is 6.88. The van der Waals surface area contributed by atoms with Gasteiger partial charge in [-0.3, -0.25) is 0 Å². The van der Waals surface area contributed by atoms with Gasteiger partial charge in [-0.05, 0) is 50.1 Å². The summed E-state index contributed by atoms with van der Waals surface area (Å²) in [4.78, 5) is 6.91. The lowest BCUT2D eigenvalue weighted by atomic mass is 10.0. The average molecular weight is 379 g/mol. The fourth-order valence-corrected chi connectivity index (χ4v) is 3.41. The minimum atomic E-state index is -0.341. The van der Waals surface area contributed by atoms with E-state index in [1.165, 1.54) is 17.8 Å². The van der Waals surface area contributed by atoms with Crippen LogP contribution in [0.5, 0.6) is 0 Å². The third kappa shape index (κ3) is 5.23. The highest BCUT2D eigenvalue weighted by Crippen LogP contribution is 2.19. The van der Waals surface area contributed by atoms with E-state index in [2.05, 4.69) is 44.8 Å². The molecule has 0 aromatic heterocycles. The molecule has 1 aliphatic heterocycles. The van der Waals surface area contributed by atoms with Crippen molar-refractivity contribution >= 4 is 11.6 Å². The lowest BCUT2D eigenvalue weighted by Crippen LogP contribution is -2.51. The van der Waals surface area contributed by atoms with Gasteiger partial charge in [0, 0.05) is 36.9 Å². The quantitative estimate of drug-likeness (QED) is 0.617. The second kappa shape index (κ2) is 9.75. The molecule has 2 aromatic carbocycles. The van der Waals surface area contributed by atoms with E-state index in [-0.39, 0.29) is 18.4 Å². The molecule has 1 atom stereocenters. The Hall–Kier alpha value is -3.07. The van der Waals surface area contributed by atoms with Crippen LogP contribution in [0, 0.1) is 17.1 Å². The van der Waals surface area contributed by atoms with Crippen molar-refractivity contribution in [2.75, 3.05) is 24.5 Å². The van der Waals surface area contributed by atoms with E-state index in [1.807, 2.05) is 19.1 Å². The van der Waals surface area contributed by atoms with Gasteiger partial charge in [0.2, 0.25) is 0 Å². The molecule has 0 saturated carbocycles. The van der Waals surface area contributed by atoms with Gasteiger partial charge in [-0.25, -0.2) is 9.38 Å². The largest absolute Gasteiger partial charge is 0.369 e. The summed E-state index contributed by atoms with van der Waals surface area (Å²) in [5, 5.41) is 15.7. The fraction of sp³-hybridized carbons (Fsp3) is 0.364. The summed E-state index contributed by atoms with van der Waals surface area (Å²) in [5.41, 5.74) is 2.09. The summed E-state index contributed by atoms with van der Waals surface area (Å²) in [6, 6.07) is 17.1. The van der Waals surface area contributed by atoms with Crippen LogP contribution in [0.3, 0.4) is 0 Å². The number of guanidine groups is 1. The lowest BCUT2D eigenvalue weighted by molar-refractivity contribution is 0.468. The number of aliphatic imine (C=N–C) groups is 1. The van der Waals surface area contributed by atoms with Crippen LogP contribution < -0.4 is 15.5 Å². The van der Waals surface area contributed by atoms with Crippen molar-refractivity contribution in [3.63, 3.8) is 0 Å². The van der Waals surface area contributed by atoms with E-state index in [1.54, 1.807) is 6.07 Å². The first-order valence-corrected chi connectivity index (χ1v) is 9.73. The van der Waals surface area contributed by atoms with Gasteiger partial charge in [0.15, 0.2) is 5.96 Å². The Bertz CT molecular complexity index is 844. The Morgan fingerprint density at radius 3 is 2.86 bits per heavy atom. The van der Waals surface area contributed by atoms with Gasteiger partial charge in [-0.1, -0.05) is 18.2 Å². The van der Waals surface area contributed by atoms with Gasteiger partial charge in [0.05, 0.1) is 18.2 Å². The number of para-hydroxylation sites is 1. The minimum absolute atomic E-state index is 0.186. The monoisotopic (exact) mass is 379 g/mol. The normalized spacial score (nSPS) is 17.1. The molecule has 5 nitrogen and oxygen atoms in total. The number of hydrogen-bond donors (Lipinski definition) is 2. The molecule has 1 saturated heterocycles. The molecule has 1 aliphatic rings. The number of anilines is 1. The van der Waals surface area contributed by atoms with Gasteiger partial charge in [0.1, 0.15) is 5.82 Å². The predicted octanol–water partition coefficient (Wildman–Crippen LogP) is 3.42. The van der Waals surface area contributed by atoms with Gasteiger partial charge >= 0.3 is 0 Å². The van der Waals surface area contributed by atoms with E-state index >= 15 is 0 Å². The average Bonchev–Trinajstić information content (AvgIpc) is 2.74. The molecule has 0 radical (unpaired) electrons. The molecule has 1 unspecified atom stereocenters. The number of piperidine rings is 1. The second-order valence-electron chi connectivity index (χ2n) is 6.88. The van der Waals surface area contributed by atoms with Crippen molar-refractivity contribution in [3.05, 3.63) is 65.5 Å². The maximum Gasteiger partial charge on any atom is 0.191 e. The van der Waals surface area contributed by atoms with E-state index in [4.69, 9.17) is 5.26 Å². The van der Waals surface area contributed by atoms with Gasteiger partial charge in [-0.2, -0.15) is 5.26 Å². The number of nitrogens with one attached hydrogen (secondary N) is 2. The van der Waals surface area contributed by atoms with Crippen LogP contribution in [0.1, 0.15) is 30.9 Å². The maximum absolute atomic E-state index is 14.0. The summed E-state index contributed by atoms with van der Waals surface area (Å²) >= 11 is 0. The lowest BCUT2D eigenvalue weighted by Gasteiger charge is -2.35. The topological polar surface area (TPSA) is 63.5 Å². The number of nitriles is 1. The van der Waals surface area contributed by atoms with Crippen LogP contribution in [-0.2, 0) is 6.54 Å². The Morgan fingerprint density at radius 2 is 2.11 bits per heavy atom. The first-order valence-electron chi connectivity index (χ1n) is 9.73. The molecule has 0 spiro atoms. The van der Waals surface area contributed by atoms with Crippen molar-refractivity contribution in [3.8, 4) is 6.07 Å². The molecule has 0 bridgehead atoms. The van der Waals surface area contributed by atoms with E-state index in [9.17, 15) is 4.39 Å². The molecule has 1 fully saturated rings. The molecule has 0 aliphatic carbocycles. The van der Waals surface area contributed by atoms with Crippen LogP contribution in [0.4, 0.5) is 10.1 Å². The molecule has 146 valence electrons. The summed E-state index contributed by atoms with van der Waals surface area (Å²) in [5.74, 6) is 0.329. The highest BCUT2D eigenvalue weighted by Gasteiger charge is 2.21. The first kappa shape index (κ1) is 19.7. The Balaban J connectivity index is 1.67. The molecular weight excluding hydrogens is 353 g/mol. The van der Waals surface area contributed by atoms with E-state index in [0.717, 1.165) is 32.5 Å². The molecule has 2 N–H and O–H groups in total. The summed E-state index contributed by atoms with van der Waals surface area (Å²) in [7, 11) is 0. The zero-order valence-corrected chi connectivity index (χ0v) is 16.2. The van der Waals surface area contributed by atoms with Crippen LogP contribution in [0.2, 0.25) is 0 Å². The SMILES string of the molecule is CCNC(=NCc1cc(C#N)ccc1F)NC1CCCN(c2ccccc2)C1. The molecule has 3 rings (SSSR count). The third-order valence-electron chi connectivity index (χ3n) is 4.81. The maximum atomic E-state index is 14.0. The molecule has 28 heavy (non-hydrogen) atoms. The highest BCUT2D eigenvalue weighted by atomic mass is 19.1. The number of nitrogens with zero attached hydrogens (tertiary/aromatic N) is 3. The Kier molecular flexibility index (Phi) is 6.85. The van der Waals surface area contributed by atoms with Gasteiger partial charge in [-0.15, -0.1) is 0 Å². The van der Waals surface area contributed by atoms with Crippen LogP contribution in [0.25, 0.3) is 0 Å². The zero-order valence-electron chi connectivity index (χ0n) is 16.2. The first-order chi connectivity index (χ1) is 13.7. The van der Waals surface area contributed by atoms with Crippen molar-refractivity contribution in [2.24, 2.45) is 4.99 Å². The Labute approximate surface area is 165 Å². The molecular formula is C22H26FN5. The third-order valence-corrected chi connectivity index (χ3v) is 4.81. The molecule has 1 heterocycles. The number of rotatable bonds is 5. The molecule has 6 heteroatoms. The molecule has 0 amide bonds. The van der Waals surface area contributed by atoms with E-state index in [0.29, 0.717) is 17.1 Å². The van der Waals surface area contributed by atoms with Crippen molar-refractivity contribution < 1.29 is 4.39 Å². The molecule has 2 aromatic rings. The van der Waals surface area contributed by atoms with Gasteiger partial charge in [0.25, 0.3) is 0 Å². The summed E-state index contributed by atoms with van der Waals surface area (Å²) in [6.07, 6.45) is 2.16. The number of hydrogen-bond acceptors (Lipinski definition) is 3. The minimum Gasteiger partial charge on any atom is -0.369 e. The summed E-state index contributed by atoms with van der Waals surface area (Å²) < 4.78 is 14.0. The predicted molar refractivity (Wildman–Crippen MR) is 111 cm³/mol. The van der Waals surface area contributed by atoms with Crippen molar-refractivity contribution in [1.29, 1.82) is 5.26 Å². The van der Waals surface area contributed by atoms with Crippen molar-refractivity contribution in [1.82, 2.24) is 10.6 Å².